The second kappa shape index (κ2) is 57.2. The highest BCUT2D eigenvalue weighted by Gasteiger charge is 2.30. The van der Waals surface area contributed by atoms with E-state index in [0.717, 1.165) is 108 Å². The van der Waals surface area contributed by atoms with Crippen molar-refractivity contribution in [1.29, 1.82) is 0 Å². The summed E-state index contributed by atoms with van der Waals surface area (Å²) in [5, 5.41) is 10.5. The molecule has 0 aromatic heterocycles. The lowest BCUT2D eigenvalue weighted by Gasteiger charge is -2.21. The van der Waals surface area contributed by atoms with E-state index >= 15 is 0 Å². The first-order valence-electron chi connectivity index (χ1n) is 34.4. The average molecular weight is 1260 g/mol. The SMILES string of the molecule is CCCCCCCCCCCCC(=O)O[C@H](COC(=O)CCCCCCCCC(C)C)COP(=O)(O)OC[C@H](O)COP(=O)(O)OC[C@@H](COC(=O)CCCCCCCCCCC(C)CC)OC(=O)CCCCCCCCCCCCCC(C)C. The summed E-state index contributed by atoms with van der Waals surface area (Å²) < 4.78 is 68.1. The van der Waals surface area contributed by atoms with Gasteiger partial charge in [-0.2, -0.15) is 0 Å². The molecule has 0 fully saturated rings. The molecule has 0 bridgehead atoms. The maximum Gasteiger partial charge on any atom is 0.472 e. The minimum atomic E-state index is -4.95. The van der Waals surface area contributed by atoms with Crippen LogP contribution in [-0.2, 0) is 65.4 Å². The smallest absolute Gasteiger partial charge is 0.462 e. The Morgan fingerprint density at radius 2 is 0.600 bits per heavy atom. The molecule has 0 aliphatic carbocycles. The van der Waals surface area contributed by atoms with Crippen molar-refractivity contribution in [3.05, 3.63) is 0 Å². The van der Waals surface area contributed by atoms with Gasteiger partial charge in [0.15, 0.2) is 12.2 Å². The van der Waals surface area contributed by atoms with E-state index in [1.807, 2.05) is 0 Å². The number of esters is 4. The van der Waals surface area contributed by atoms with Crippen LogP contribution in [0.1, 0.15) is 325 Å². The van der Waals surface area contributed by atoms with Crippen LogP contribution in [0.25, 0.3) is 0 Å². The van der Waals surface area contributed by atoms with Crippen LogP contribution in [0.4, 0.5) is 0 Å². The fourth-order valence-corrected chi connectivity index (χ4v) is 11.4. The molecule has 0 aliphatic rings. The summed E-state index contributed by atoms with van der Waals surface area (Å²) >= 11 is 0. The molecular weight excluding hydrogens is 1130 g/mol. The molecule has 19 heteroatoms. The fourth-order valence-electron chi connectivity index (χ4n) is 9.80. The first kappa shape index (κ1) is 83.1. The van der Waals surface area contributed by atoms with Gasteiger partial charge in [0.25, 0.3) is 0 Å². The van der Waals surface area contributed by atoms with Crippen LogP contribution in [-0.4, -0.2) is 96.7 Å². The van der Waals surface area contributed by atoms with E-state index < -0.39 is 97.5 Å². The summed E-state index contributed by atoms with van der Waals surface area (Å²) in [4.78, 5) is 72.3. The Morgan fingerprint density at radius 3 is 0.894 bits per heavy atom. The van der Waals surface area contributed by atoms with E-state index in [1.165, 1.54) is 128 Å². The third-order valence-electron chi connectivity index (χ3n) is 15.5. The number of hydrogen-bond donors (Lipinski definition) is 3. The minimum absolute atomic E-state index is 0.105. The van der Waals surface area contributed by atoms with E-state index in [9.17, 15) is 43.2 Å². The number of hydrogen-bond acceptors (Lipinski definition) is 15. The summed E-state index contributed by atoms with van der Waals surface area (Å²) in [7, 11) is -9.89. The van der Waals surface area contributed by atoms with Gasteiger partial charge in [-0.25, -0.2) is 9.13 Å². The quantitative estimate of drug-likeness (QED) is 0.0222. The molecule has 0 aliphatic heterocycles. The van der Waals surface area contributed by atoms with Crippen LogP contribution in [0.2, 0.25) is 0 Å². The number of unbranched alkanes of at least 4 members (excludes halogenated alkanes) is 31. The standard InChI is InChI=1S/C66H128O17P2/c1-8-10-11-12-13-14-19-26-35-42-49-65(70)83-62(54-77-64(69)48-41-34-29-28-31-38-45-58(5)6)56-81-85(74,75)79-52-60(67)51-78-84(72,73)80-55-61(53-76-63(68)47-40-33-25-22-21-24-32-39-46-59(7)9-2)82-66(71)50-43-36-27-20-17-15-16-18-23-30-37-44-57(3)4/h57-62,67H,8-56H2,1-7H3,(H,72,73)(H,74,75)/t59?,60-,61-,62-/m1/s1. The van der Waals surface area contributed by atoms with Crippen molar-refractivity contribution in [2.45, 2.75) is 343 Å². The Morgan fingerprint density at radius 1 is 0.341 bits per heavy atom. The molecule has 0 spiro atoms. The van der Waals surface area contributed by atoms with E-state index in [1.54, 1.807) is 0 Å². The van der Waals surface area contributed by atoms with Crippen molar-refractivity contribution in [2.75, 3.05) is 39.6 Å². The highest BCUT2D eigenvalue weighted by molar-refractivity contribution is 7.47. The van der Waals surface area contributed by atoms with Crippen molar-refractivity contribution >= 4 is 39.5 Å². The lowest BCUT2D eigenvalue weighted by Crippen LogP contribution is -2.30. The Kier molecular flexibility index (Phi) is 55.9. The summed E-state index contributed by atoms with van der Waals surface area (Å²) in [5.74, 6) is 0.0885. The number of carbonyl (C=O) groups is 4. The second-order valence-electron chi connectivity index (χ2n) is 25.1. The maximum absolute atomic E-state index is 13.0. The summed E-state index contributed by atoms with van der Waals surface area (Å²) in [6.45, 7) is 11.7. The molecule has 0 radical (unpaired) electrons. The topological polar surface area (TPSA) is 237 Å². The van der Waals surface area contributed by atoms with Crippen LogP contribution in [0.3, 0.4) is 0 Å². The van der Waals surface area contributed by atoms with Gasteiger partial charge < -0.3 is 33.8 Å². The number of ether oxygens (including phenoxy) is 4. The molecule has 17 nitrogen and oxygen atoms in total. The van der Waals surface area contributed by atoms with Gasteiger partial charge in [-0.05, 0) is 43.4 Å². The Balaban J connectivity index is 5.25. The van der Waals surface area contributed by atoms with Crippen LogP contribution >= 0.6 is 15.6 Å². The predicted molar refractivity (Wildman–Crippen MR) is 340 cm³/mol. The van der Waals surface area contributed by atoms with Gasteiger partial charge in [0.05, 0.1) is 26.4 Å². The lowest BCUT2D eigenvalue weighted by molar-refractivity contribution is -0.161. The molecule has 3 unspecified atom stereocenters. The summed E-state index contributed by atoms with van der Waals surface area (Å²) in [6.07, 6.45) is 39.0. The molecule has 0 aromatic carbocycles. The monoisotopic (exact) mass is 1250 g/mol. The number of carbonyl (C=O) groups excluding carboxylic acids is 4. The number of rotatable bonds is 64. The third-order valence-corrected chi connectivity index (χ3v) is 17.4. The van der Waals surface area contributed by atoms with E-state index in [4.69, 9.17) is 37.0 Å². The Hall–Kier alpha value is -1.94. The van der Waals surface area contributed by atoms with Gasteiger partial charge in [-0.15, -0.1) is 0 Å². The summed E-state index contributed by atoms with van der Waals surface area (Å²) in [5.41, 5.74) is 0. The van der Waals surface area contributed by atoms with Gasteiger partial charge in [0.2, 0.25) is 0 Å². The van der Waals surface area contributed by atoms with Crippen molar-refractivity contribution in [3.63, 3.8) is 0 Å². The minimum Gasteiger partial charge on any atom is -0.462 e. The zero-order chi connectivity index (χ0) is 63.1. The predicted octanol–water partition coefficient (Wildman–Crippen LogP) is 18.3. The molecule has 0 saturated heterocycles. The van der Waals surface area contributed by atoms with E-state index in [0.29, 0.717) is 31.6 Å². The molecule has 0 heterocycles. The van der Waals surface area contributed by atoms with Crippen molar-refractivity contribution in [1.82, 2.24) is 0 Å². The molecule has 504 valence electrons. The number of aliphatic hydroxyl groups excluding tert-OH is 1. The van der Waals surface area contributed by atoms with Gasteiger partial charge in [-0.3, -0.25) is 37.3 Å². The normalized spacial score (nSPS) is 14.6. The zero-order valence-corrected chi connectivity index (χ0v) is 56.9. The van der Waals surface area contributed by atoms with Crippen molar-refractivity contribution in [2.24, 2.45) is 17.8 Å². The zero-order valence-electron chi connectivity index (χ0n) is 55.1. The van der Waals surface area contributed by atoms with Gasteiger partial charge in [0, 0.05) is 25.7 Å². The number of phosphoric ester groups is 2. The van der Waals surface area contributed by atoms with Crippen LogP contribution < -0.4 is 0 Å². The first-order chi connectivity index (χ1) is 40.8. The third kappa shape index (κ3) is 59.5. The largest absolute Gasteiger partial charge is 0.472 e. The van der Waals surface area contributed by atoms with Gasteiger partial charge >= 0.3 is 39.5 Å². The van der Waals surface area contributed by atoms with Gasteiger partial charge in [0.1, 0.15) is 19.3 Å². The van der Waals surface area contributed by atoms with Crippen molar-refractivity contribution < 1.29 is 80.2 Å². The molecule has 0 saturated carbocycles. The molecule has 6 atom stereocenters. The highest BCUT2D eigenvalue weighted by Crippen LogP contribution is 2.45. The average Bonchev–Trinajstić information content (AvgIpc) is 3.46. The van der Waals surface area contributed by atoms with Crippen molar-refractivity contribution in [3.8, 4) is 0 Å². The maximum atomic E-state index is 13.0. The summed E-state index contributed by atoms with van der Waals surface area (Å²) in [6, 6.07) is 0. The van der Waals surface area contributed by atoms with Crippen LogP contribution in [0, 0.1) is 17.8 Å². The Bertz CT molecular complexity index is 1680. The van der Waals surface area contributed by atoms with E-state index in [-0.39, 0.29) is 25.7 Å². The van der Waals surface area contributed by atoms with Gasteiger partial charge in [-0.1, -0.05) is 273 Å². The molecule has 0 amide bonds. The molecule has 85 heavy (non-hydrogen) atoms. The first-order valence-corrected chi connectivity index (χ1v) is 37.4. The van der Waals surface area contributed by atoms with Crippen LogP contribution in [0.5, 0.6) is 0 Å². The van der Waals surface area contributed by atoms with E-state index in [2.05, 4.69) is 48.5 Å². The lowest BCUT2D eigenvalue weighted by atomic mass is 9.99. The molecule has 0 rings (SSSR count). The Labute approximate surface area is 517 Å². The number of aliphatic hydroxyl groups is 1. The fraction of sp³-hybridized carbons (Fsp3) is 0.939. The number of phosphoric acid groups is 2. The van der Waals surface area contributed by atoms with Crippen LogP contribution in [0.15, 0.2) is 0 Å². The molecule has 0 aromatic rings. The second-order valence-corrected chi connectivity index (χ2v) is 28.0. The molecule has 3 N–H and O–H groups in total. The molecular formula is C66H128O17P2. The highest BCUT2D eigenvalue weighted by atomic mass is 31.2.